The van der Waals surface area contributed by atoms with E-state index < -0.39 is 0 Å². The van der Waals surface area contributed by atoms with Gasteiger partial charge in [-0.15, -0.1) is 0 Å². The Morgan fingerprint density at radius 1 is 1.18 bits per heavy atom. The third kappa shape index (κ3) is 1.72. The van der Waals surface area contributed by atoms with E-state index in [0.717, 1.165) is 22.2 Å². The van der Waals surface area contributed by atoms with Crippen molar-refractivity contribution in [2.75, 3.05) is 5.73 Å². The SMILES string of the molecule is Nc1ccc2[nH]nc(-c3cncc(Cl)c3)c2c1. The zero-order valence-corrected chi connectivity index (χ0v) is 9.57. The normalized spacial score (nSPS) is 10.9. The zero-order chi connectivity index (χ0) is 11.8. The number of anilines is 1. The van der Waals surface area contributed by atoms with E-state index in [0.29, 0.717) is 10.7 Å². The molecule has 0 atom stereocenters. The molecule has 0 aliphatic heterocycles. The number of aromatic nitrogens is 3. The highest BCUT2D eigenvalue weighted by Gasteiger charge is 2.08. The van der Waals surface area contributed by atoms with Gasteiger partial charge in [-0.1, -0.05) is 11.6 Å². The fourth-order valence-corrected chi connectivity index (χ4v) is 1.97. The number of nitrogens with one attached hydrogen (secondary N) is 1. The van der Waals surface area contributed by atoms with Gasteiger partial charge >= 0.3 is 0 Å². The number of nitrogens with two attached hydrogens (primary N) is 1. The van der Waals surface area contributed by atoms with Gasteiger partial charge in [0.15, 0.2) is 0 Å². The topological polar surface area (TPSA) is 67.6 Å². The van der Waals surface area contributed by atoms with Gasteiger partial charge in [0.1, 0.15) is 5.69 Å². The molecule has 0 amide bonds. The highest BCUT2D eigenvalue weighted by Crippen LogP contribution is 2.28. The Balaban J connectivity index is 2.27. The Labute approximate surface area is 102 Å². The summed E-state index contributed by atoms with van der Waals surface area (Å²) in [5.41, 5.74) is 9.10. The van der Waals surface area contributed by atoms with Crippen LogP contribution in [-0.2, 0) is 0 Å². The van der Waals surface area contributed by atoms with Crippen molar-refractivity contribution in [1.82, 2.24) is 15.2 Å². The molecule has 84 valence electrons. The van der Waals surface area contributed by atoms with Crippen LogP contribution in [-0.4, -0.2) is 15.2 Å². The van der Waals surface area contributed by atoms with Crippen LogP contribution in [0.15, 0.2) is 36.7 Å². The molecule has 0 aliphatic rings. The summed E-state index contributed by atoms with van der Waals surface area (Å²) in [6.45, 7) is 0. The first-order chi connectivity index (χ1) is 8.24. The van der Waals surface area contributed by atoms with E-state index in [1.165, 1.54) is 0 Å². The Bertz CT molecular complexity index is 690. The van der Waals surface area contributed by atoms with Crippen molar-refractivity contribution in [1.29, 1.82) is 0 Å². The summed E-state index contributed by atoms with van der Waals surface area (Å²) in [5.74, 6) is 0. The molecule has 0 fully saturated rings. The summed E-state index contributed by atoms with van der Waals surface area (Å²) < 4.78 is 0. The van der Waals surface area contributed by atoms with E-state index in [9.17, 15) is 0 Å². The standard InChI is InChI=1S/C12H9ClN4/c13-8-3-7(5-15-6-8)12-10-4-9(14)1-2-11(10)16-17-12/h1-6H,14H2,(H,16,17). The first-order valence-corrected chi connectivity index (χ1v) is 5.46. The lowest BCUT2D eigenvalue weighted by molar-refractivity contribution is 1.12. The minimum atomic E-state index is 0.586. The van der Waals surface area contributed by atoms with Crippen LogP contribution in [0.3, 0.4) is 0 Å². The first-order valence-electron chi connectivity index (χ1n) is 5.08. The monoisotopic (exact) mass is 244 g/mol. The molecule has 3 N–H and O–H groups in total. The van der Waals surface area contributed by atoms with Crippen molar-refractivity contribution in [3.05, 3.63) is 41.7 Å². The third-order valence-corrected chi connectivity index (χ3v) is 2.77. The van der Waals surface area contributed by atoms with Gasteiger partial charge in [0, 0.05) is 29.0 Å². The number of benzene rings is 1. The third-order valence-electron chi connectivity index (χ3n) is 2.57. The van der Waals surface area contributed by atoms with E-state index in [4.69, 9.17) is 17.3 Å². The highest BCUT2D eigenvalue weighted by atomic mass is 35.5. The van der Waals surface area contributed by atoms with Gasteiger partial charge in [0.2, 0.25) is 0 Å². The lowest BCUT2D eigenvalue weighted by atomic mass is 10.1. The Morgan fingerprint density at radius 3 is 2.88 bits per heavy atom. The van der Waals surface area contributed by atoms with Crippen molar-refractivity contribution < 1.29 is 0 Å². The van der Waals surface area contributed by atoms with E-state index in [1.807, 2.05) is 24.3 Å². The summed E-state index contributed by atoms with van der Waals surface area (Å²) in [4.78, 5) is 4.05. The van der Waals surface area contributed by atoms with Gasteiger partial charge in [-0.25, -0.2) is 0 Å². The minimum absolute atomic E-state index is 0.586. The quantitative estimate of drug-likeness (QED) is 0.647. The molecule has 5 heteroatoms. The molecule has 1 aromatic carbocycles. The number of pyridine rings is 1. The van der Waals surface area contributed by atoms with E-state index in [2.05, 4.69) is 15.2 Å². The fraction of sp³-hybridized carbons (Fsp3) is 0. The summed E-state index contributed by atoms with van der Waals surface area (Å²) >= 11 is 5.92. The summed E-state index contributed by atoms with van der Waals surface area (Å²) in [6.07, 6.45) is 3.32. The van der Waals surface area contributed by atoms with Gasteiger partial charge in [0.25, 0.3) is 0 Å². The number of H-pyrrole nitrogens is 1. The van der Waals surface area contributed by atoms with Crippen molar-refractivity contribution in [2.45, 2.75) is 0 Å². The molecular weight excluding hydrogens is 236 g/mol. The molecule has 0 radical (unpaired) electrons. The van der Waals surface area contributed by atoms with Gasteiger partial charge in [-0.3, -0.25) is 10.1 Å². The van der Waals surface area contributed by atoms with Gasteiger partial charge < -0.3 is 5.73 Å². The highest BCUT2D eigenvalue weighted by molar-refractivity contribution is 6.30. The number of aromatic amines is 1. The number of hydrogen-bond acceptors (Lipinski definition) is 3. The Hall–Kier alpha value is -2.07. The van der Waals surface area contributed by atoms with Gasteiger partial charge in [-0.2, -0.15) is 5.10 Å². The smallest absolute Gasteiger partial charge is 0.102 e. The van der Waals surface area contributed by atoms with Crippen molar-refractivity contribution in [3.8, 4) is 11.3 Å². The van der Waals surface area contributed by atoms with Crippen LogP contribution in [0.2, 0.25) is 5.02 Å². The minimum Gasteiger partial charge on any atom is -0.399 e. The van der Waals surface area contributed by atoms with Crippen molar-refractivity contribution in [2.24, 2.45) is 0 Å². The van der Waals surface area contributed by atoms with Crippen LogP contribution in [0.4, 0.5) is 5.69 Å². The zero-order valence-electron chi connectivity index (χ0n) is 8.81. The predicted octanol–water partition coefficient (Wildman–Crippen LogP) is 2.86. The molecule has 3 rings (SSSR count). The molecule has 2 heterocycles. The average molecular weight is 245 g/mol. The second kappa shape index (κ2) is 3.75. The van der Waals surface area contributed by atoms with Crippen LogP contribution < -0.4 is 5.73 Å². The molecule has 0 saturated carbocycles. The van der Waals surface area contributed by atoms with E-state index >= 15 is 0 Å². The average Bonchev–Trinajstić information content (AvgIpc) is 2.71. The molecule has 0 spiro atoms. The molecule has 0 saturated heterocycles. The van der Waals surface area contributed by atoms with Crippen molar-refractivity contribution >= 4 is 28.2 Å². The predicted molar refractivity (Wildman–Crippen MR) is 68.7 cm³/mol. The molecular formula is C12H9ClN4. The first kappa shape index (κ1) is 10.1. The summed E-state index contributed by atoms with van der Waals surface area (Å²) in [7, 11) is 0. The Morgan fingerprint density at radius 2 is 2.06 bits per heavy atom. The molecule has 4 nitrogen and oxygen atoms in total. The molecule has 0 bridgehead atoms. The largest absolute Gasteiger partial charge is 0.399 e. The van der Waals surface area contributed by atoms with Crippen LogP contribution in [0.1, 0.15) is 0 Å². The number of fused-ring (bicyclic) bond motifs is 1. The maximum absolute atomic E-state index is 5.92. The van der Waals surface area contributed by atoms with Crippen LogP contribution in [0.25, 0.3) is 22.2 Å². The van der Waals surface area contributed by atoms with Crippen molar-refractivity contribution in [3.63, 3.8) is 0 Å². The lowest BCUT2D eigenvalue weighted by Crippen LogP contribution is -1.84. The number of rotatable bonds is 1. The van der Waals surface area contributed by atoms with Crippen LogP contribution >= 0.6 is 11.6 Å². The number of halogens is 1. The summed E-state index contributed by atoms with van der Waals surface area (Å²) in [5, 5.41) is 8.78. The number of nitrogen functional groups attached to an aromatic ring is 1. The van der Waals surface area contributed by atoms with Gasteiger partial charge in [-0.05, 0) is 24.3 Å². The molecule has 17 heavy (non-hydrogen) atoms. The molecule has 3 aromatic rings. The maximum atomic E-state index is 5.92. The number of hydrogen-bond donors (Lipinski definition) is 2. The Kier molecular flexibility index (Phi) is 2.23. The van der Waals surface area contributed by atoms with E-state index in [-0.39, 0.29) is 0 Å². The van der Waals surface area contributed by atoms with Gasteiger partial charge in [0.05, 0.1) is 10.5 Å². The molecule has 0 unspecified atom stereocenters. The second-order valence-corrected chi connectivity index (χ2v) is 4.21. The summed E-state index contributed by atoms with van der Waals surface area (Å²) in [6, 6.07) is 7.45. The molecule has 2 aromatic heterocycles. The molecule has 0 aliphatic carbocycles. The maximum Gasteiger partial charge on any atom is 0.102 e. The van der Waals surface area contributed by atoms with Crippen LogP contribution in [0.5, 0.6) is 0 Å². The lowest BCUT2D eigenvalue weighted by Gasteiger charge is -1.98. The van der Waals surface area contributed by atoms with E-state index in [1.54, 1.807) is 12.4 Å². The fourth-order valence-electron chi connectivity index (χ4n) is 1.79. The number of nitrogens with zero attached hydrogens (tertiary/aromatic N) is 2. The van der Waals surface area contributed by atoms with Crippen LogP contribution in [0, 0.1) is 0 Å². The second-order valence-electron chi connectivity index (χ2n) is 3.77.